The molecule has 3 aliphatic rings. The van der Waals surface area contributed by atoms with E-state index < -0.39 is 0 Å². The number of para-hydroxylation sites is 1. The second-order valence-electron chi connectivity index (χ2n) is 11.4. The van der Waals surface area contributed by atoms with Crippen molar-refractivity contribution >= 4 is 10.9 Å². The quantitative estimate of drug-likeness (QED) is 0.399. The number of nitrogens with zero attached hydrogens (tertiary/aromatic N) is 4. The minimum absolute atomic E-state index is 0.175. The number of hydrogen-bond acceptors (Lipinski definition) is 4. The summed E-state index contributed by atoms with van der Waals surface area (Å²) >= 11 is 0. The molecule has 7 rings (SSSR count). The van der Waals surface area contributed by atoms with Crippen LogP contribution in [0.2, 0.25) is 0 Å². The first kappa shape index (κ1) is 23.9. The molecular formula is C32H36N4O2. The summed E-state index contributed by atoms with van der Waals surface area (Å²) in [5, 5.41) is 1.35. The largest absolute Gasteiger partial charge is 0.379 e. The second kappa shape index (κ2) is 9.84. The van der Waals surface area contributed by atoms with E-state index in [0.717, 1.165) is 70.2 Å². The first-order valence-electron chi connectivity index (χ1n) is 14.0. The molecule has 0 N–H and O–H groups in total. The van der Waals surface area contributed by atoms with Gasteiger partial charge in [0.2, 0.25) is 0 Å². The van der Waals surface area contributed by atoms with Crippen LogP contribution in [0.1, 0.15) is 29.2 Å². The molecule has 6 nitrogen and oxygen atoms in total. The average molecular weight is 509 g/mol. The van der Waals surface area contributed by atoms with Crippen LogP contribution in [0.3, 0.4) is 0 Å². The van der Waals surface area contributed by atoms with Crippen molar-refractivity contribution in [1.82, 2.24) is 18.9 Å². The smallest absolute Gasteiger partial charge is 0.258 e. The van der Waals surface area contributed by atoms with Crippen LogP contribution in [-0.4, -0.2) is 58.3 Å². The lowest BCUT2D eigenvalue weighted by molar-refractivity contribution is 0.0342. The maximum absolute atomic E-state index is 13.9. The van der Waals surface area contributed by atoms with E-state index in [2.05, 4.69) is 92.8 Å². The number of piperidine rings is 1. The zero-order valence-corrected chi connectivity index (χ0v) is 22.2. The predicted molar refractivity (Wildman–Crippen MR) is 151 cm³/mol. The molecule has 0 aliphatic carbocycles. The molecule has 2 fully saturated rings. The zero-order chi connectivity index (χ0) is 25.6. The molecule has 0 saturated carbocycles. The minimum Gasteiger partial charge on any atom is -0.379 e. The SMILES string of the molecule is Cn1cc(CN2C[C@@H]3C[C@H](C2)c2ccc(-c4ccccc4CN4CCOCC4)c(=O)n2C3)c2ccccc21. The standard InChI is InChI=1S/C32H36N4O2/c1-33-19-26(28-8-4-5-9-31(28)33)22-35-17-23-16-25(21-35)30-11-10-29(32(37)36(30)18-23)27-7-3-2-6-24(27)20-34-12-14-38-15-13-34/h2-11,19,23,25H,12-18,20-22H2,1H3/t23-,25+/m0/s1. The number of hydrogen-bond donors (Lipinski definition) is 0. The Kier molecular flexibility index (Phi) is 6.19. The fraction of sp³-hybridized carbons (Fsp3) is 0.406. The lowest BCUT2D eigenvalue weighted by Crippen LogP contribution is -2.47. The van der Waals surface area contributed by atoms with E-state index >= 15 is 0 Å². The van der Waals surface area contributed by atoms with Gasteiger partial charge in [-0.3, -0.25) is 14.6 Å². The van der Waals surface area contributed by atoms with Crippen LogP contribution in [0.4, 0.5) is 0 Å². The summed E-state index contributed by atoms with van der Waals surface area (Å²) in [6, 6.07) is 21.5. The third-order valence-electron chi connectivity index (χ3n) is 8.86. The monoisotopic (exact) mass is 508 g/mol. The van der Waals surface area contributed by atoms with Crippen LogP contribution >= 0.6 is 0 Å². The van der Waals surface area contributed by atoms with Crippen molar-refractivity contribution in [3.05, 3.63) is 94.0 Å². The lowest BCUT2D eigenvalue weighted by atomic mass is 9.82. The average Bonchev–Trinajstić information content (AvgIpc) is 3.25. The lowest BCUT2D eigenvalue weighted by Gasteiger charge is -2.43. The Morgan fingerprint density at radius 1 is 0.816 bits per heavy atom. The molecule has 0 unspecified atom stereocenters. The van der Waals surface area contributed by atoms with Crippen molar-refractivity contribution in [3.8, 4) is 11.1 Å². The molecule has 2 atom stereocenters. The zero-order valence-electron chi connectivity index (χ0n) is 22.2. The highest BCUT2D eigenvalue weighted by molar-refractivity contribution is 5.83. The summed E-state index contributed by atoms with van der Waals surface area (Å²) in [7, 11) is 2.14. The fourth-order valence-corrected chi connectivity index (χ4v) is 7.09. The molecule has 2 aromatic carbocycles. The molecule has 4 aromatic rings. The normalized spacial score (nSPS) is 22.0. The van der Waals surface area contributed by atoms with Gasteiger partial charge in [0.05, 0.1) is 13.2 Å². The highest BCUT2D eigenvalue weighted by atomic mass is 16.5. The number of likely N-dealkylation sites (tertiary alicyclic amines) is 1. The highest BCUT2D eigenvalue weighted by Crippen LogP contribution is 2.37. The molecule has 6 heteroatoms. The van der Waals surface area contributed by atoms with Gasteiger partial charge in [0.15, 0.2) is 0 Å². The number of ether oxygens (including phenoxy) is 1. The molecule has 2 saturated heterocycles. The molecule has 0 radical (unpaired) electrons. The number of benzene rings is 2. The number of morpholine rings is 1. The second-order valence-corrected chi connectivity index (χ2v) is 11.4. The Morgan fingerprint density at radius 2 is 1.61 bits per heavy atom. The van der Waals surface area contributed by atoms with Crippen molar-refractivity contribution < 1.29 is 4.74 Å². The van der Waals surface area contributed by atoms with E-state index in [1.807, 2.05) is 0 Å². The Bertz CT molecular complexity index is 1530. The van der Waals surface area contributed by atoms with Gasteiger partial charge in [-0.2, -0.15) is 0 Å². The van der Waals surface area contributed by atoms with E-state index in [1.165, 1.54) is 34.1 Å². The maximum atomic E-state index is 13.9. The van der Waals surface area contributed by atoms with Crippen molar-refractivity contribution in [2.24, 2.45) is 13.0 Å². The van der Waals surface area contributed by atoms with Crippen LogP contribution in [0.15, 0.2) is 71.7 Å². The van der Waals surface area contributed by atoms with Gasteiger partial charge >= 0.3 is 0 Å². The Morgan fingerprint density at radius 3 is 2.50 bits per heavy atom. The summed E-state index contributed by atoms with van der Waals surface area (Å²) in [5.74, 6) is 0.913. The van der Waals surface area contributed by atoms with Crippen LogP contribution in [0.25, 0.3) is 22.0 Å². The summed E-state index contributed by atoms with van der Waals surface area (Å²) in [6.07, 6.45) is 3.46. The first-order valence-corrected chi connectivity index (χ1v) is 14.0. The van der Waals surface area contributed by atoms with Gasteiger partial charge < -0.3 is 13.9 Å². The van der Waals surface area contributed by atoms with Gasteiger partial charge in [0.1, 0.15) is 0 Å². The fourth-order valence-electron chi connectivity index (χ4n) is 7.09. The molecule has 5 heterocycles. The third-order valence-corrected chi connectivity index (χ3v) is 8.86. The van der Waals surface area contributed by atoms with Crippen LogP contribution < -0.4 is 5.56 Å². The summed E-state index contributed by atoms with van der Waals surface area (Å²) in [5.41, 5.74) is 7.21. The van der Waals surface area contributed by atoms with Gasteiger partial charge in [-0.15, -0.1) is 0 Å². The maximum Gasteiger partial charge on any atom is 0.258 e. The predicted octanol–water partition coefficient (Wildman–Crippen LogP) is 4.46. The van der Waals surface area contributed by atoms with Gasteiger partial charge in [-0.1, -0.05) is 42.5 Å². The van der Waals surface area contributed by atoms with E-state index in [4.69, 9.17) is 4.74 Å². The molecule has 196 valence electrons. The van der Waals surface area contributed by atoms with Crippen molar-refractivity contribution in [1.29, 1.82) is 0 Å². The molecule has 3 aliphatic heterocycles. The van der Waals surface area contributed by atoms with Crippen molar-refractivity contribution in [2.45, 2.75) is 32.0 Å². The number of rotatable bonds is 5. The van der Waals surface area contributed by atoms with Gasteiger partial charge in [-0.05, 0) is 47.2 Å². The first-order chi connectivity index (χ1) is 18.6. The number of aromatic nitrogens is 2. The van der Waals surface area contributed by atoms with E-state index in [9.17, 15) is 4.79 Å². The molecule has 2 bridgehead atoms. The van der Waals surface area contributed by atoms with Crippen LogP contribution in [0, 0.1) is 5.92 Å². The van der Waals surface area contributed by atoms with E-state index in [0.29, 0.717) is 11.8 Å². The van der Waals surface area contributed by atoms with Crippen molar-refractivity contribution in [3.63, 3.8) is 0 Å². The van der Waals surface area contributed by atoms with Gasteiger partial charge in [0, 0.05) is 87.1 Å². The Balaban J connectivity index is 1.15. The molecule has 0 spiro atoms. The number of fused-ring (bicyclic) bond motifs is 5. The third kappa shape index (κ3) is 4.31. The Hall–Kier alpha value is -3.19. The molecular weight excluding hydrogens is 472 g/mol. The van der Waals surface area contributed by atoms with Crippen LogP contribution in [0.5, 0.6) is 0 Å². The summed E-state index contributed by atoms with van der Waals surface area (Å²) < 4.78 is 9.88. The van der Waals surface area contributed by atoms with Gasteiger partial charge in [0.25, 0.3) is 5.56 Å². The van der Waals surface area contributed by atoms with Crippen molar-refractivity contribution in [2.75, 3.05) is 39.4 Å². The van der Waals surface area contributed by atoms with E-state index in [-0.39, 0.29) is 5.56 Å². The van der Waals surface area contributed by atoms with Gasteiger partial charge in [-0.25, -0.2) is 0 Å². The topological polar surface area (TPSA) is 42.6 Å². The molecule has 0 amide bonds. The summed E-state index contributed by atoms with van der Waals surface area (Å²) in [6.45, 7) is 8.13. The summed E-state index contributed by atoms with van der Waals surface area (Å²) in [4.78, 5) is 19.0. The minimum atomic E-state index is 0.175. The number of pyridine rings is 1. The van der Waals surface area contributed by atoms with Crippen LogP contribution in [-0.2, 0) is 31.4 Å². The molecule has 2 aromatic heterocycles. The molecule has 38 heavy (non-hydrogen) atoms. The Labute approximate surface area is 224 Å². The number of aryl methyl sites for hydroxylation is 1. The highest BCUT2D eigenvalue weighted by Gasteiger charge is 2.35. The van der Waals surface area contributed by atoms with E-state index in [1.54, 1.807) is 0 Å².